The van der Waals surface area contributed by atoms with Gasteiger partial charge in [0.25, 0.3) is 5.91 Å². The molecule has 3 rings (SSSR count). The zero-order chi connectivity index (χ0) is 24.8. The molecule has 1 fully saturated rings. The number of rotatable bonds is 9. The second-order valence-corrected chi connectivity index (χ2v) is 8.04. The van der Waals surface area contributed by atoms with Crippen LogP contribution in [0.2, 0.25) is 5.02 Å². The van der Waals surface area contributed by atoms with E-state index in [1.807, 2.05) is 31.2 Å². The number of aryl methyl sites for hydroxylation is 1. The first-order chi connectivity index (χ1) is 16.3. The third-order valence-electron chi connectivity index (χ3n) is 5.15. The van der Waals surface area contributed by atoms with Gasteiger partial charge in [-0.3, -0.25) is 14.5 Å². The molecule has 1 aliphatic rings. The number of ether oxygens (including phenoxy) is 3. The summed E-state index contributed by atoms with van der Waals surface area (Å²) in [4.78, 5) is 28.4. The Morgan fingerprint density at radius 2 is 1.91 bits per heavy atom. The third kappa shape index (κ3) is 5.24. The molecule has 34 heavy (non-hydrogen) atoms. The third-order valence-corrected chi connectivity index (χ3v) is 5.84. The van der Waals surface area contributed by atoms with Crippen LogP contribution < -0.4 is 14.4 Å². The highest BCUT2D eigenvalue weighted by molar-refractivity contribution is 7.80. The van der Waals surface area contributed by atoms with Crippen molar-refractivity contribution in [3.05, 3.63) is 70.9 Å². The van der Waals surface area contributed by atoms with Gasteiger partial charge in [-0.05, 0) is 60.1 Å². The smallest absolute Gasteiger partial charge is 0.325 e. The van der Waals surface area contributed by atoms with Gasteiger partial charge in [0.2, 0.25) is 0 Å². The van der Waals surface area contributed by atoms with Crippen LogP contribution in [0, 0.1) is 0 Å². The molecular weight excluding hydrogens is 476 g/mol. The first kappa shape index (κ1) is 25.3. The monoisotopic (exact) mass is 500 g/mol. The summed E-state index contributed by atoms with van der Waals surface area (Å²) < 4.78 is 15.8. The van der Waals surface area contributed by atoms with Gasteiger partial charge in [0.1, 0.15) is 18.8 Å². The van der Waals surface area contributed by atoms with Crippen LogP contribution in [0.15, 0.2) is 54.8 Å². The highest BCUT2D eigenvalue weighted by Gasteiger charge is 2.40. The Hall–Kier alpha value is -3.36. The lowest BCUT2D eigenvalue weighted by Crippen LogP contribution is -2.35. The number of esters is 1. The molecule has 2 aromatic rings. The predicted octanol–water partition coefficient (Wildman–Crippen LogP) is 4.62. The van der Waals surface area contributed by atoms with Crippen molar-refractivity contribution in [2.75, 3.05) is 32.3 Å². The number of hydrogen-bond donors (Lipinski definition) is 0. The van der Waals surface area contributed by atoms with Crippen molar-refractivity contribution in [2.45, 2.75) is 13.3 Å². The van der Waals surface area contributed by atoms with Crippen LogP contribution in [-0.4, -0.2) is 49.3 Å². The van der Waals surface area contributed by atoms with Gasteiger partial charge >= 0.3 is 5.97 Å². The molecule has 0 radical (unpaired) electrons. The minimum atomic E-state index is -0.534. The van der Waals surface area contributed by atoms with Crippen LogP contribution in [-0.2, 0) is 20.7 Å². The van der Waals surface area contributed by atoms with Gasteiger partial charge in [-0.2, -0.15) is 0 Å². The Morgan fingerprint density at radius 1 is 1.21 bits per heavy atom. The van der Waals surface area contributed by atoms with Gasteiger partial charge in [-0.15, -0.1) is 0 Å². The summed E-state index contributed by atoms with van der Waals surface area (Å²) in [6, 6.07) is 10.8. The molecule has 1 aliphatic heterocycles. The van der Waals surface area contributed by atoms with Gasteiger partial charge < -0.3 is 19.1 Å². The average molecular weight is 501 g/mol. The van der Waals surface area contributed by atoms with E-state index in [0.717, 1.165) is 12.0 Å². The predicted molar refractivity (Wildman–Crippen MR) is 136 cm³/mol. The fourth-order valence-electron chi connectivity index (χ4n) is 3.40. The highest BCUT2D eigenvalue weighted by atomic mass is 35.5. The number of benzene rings is 2. The molecule has 0 atom stereocenters. The van der Waals surface area contributed by atoms with E-state index in [1.54, 1.807) is 24.3 Å². The minimum absolute atomic E-state index is 0.176. The van der Waals surface area contributed by atoms with Crippen LogP contribution in [0.1, 0.15) is 18.1 Å². The zero-order valence-corrected chi connectivity index (χ0v) is 20.7. The summed E-state index contributed by atoms with van der Waals surface area (Å²) in [5.41, 5.74) is 2.50. The fourth-order valence-corrected chi connectivity index (χ4v) is 4.02. The maximum atomic E-state index is 13.5. The van der Waals surface area contributed by atoms with E-state index in [2.05, 4.69) is 6.58 Å². The Bertz CT molecular complexity index is 1150. The van der Waals surface area contributed by atoms with E-state index in [4.69, 9.17) is 38.0 Å². The topological polar surface area (TPSA) is 68.3 Å². The first-order valence-electron chi connectivity index (χ1n) is 10.5. The Balaban J connectivity index is 2.06. The summed E-state index contributed by atoms with van der Waals surface area (Å²) in [7, 11) is 2.77. The molecule has 0 unspecified atom stereocenters. The van der Waals surface area contributed by atoms with Crippen LogP contribution >= 0.6 is 23.8 Å². The van der Waals surface area contributed by atoms with Gasteiger partial charge in [0.05, 0.1) is 24.9 Å². The average Bonchev–Trinajstić information content (AvgIpc) is 3.06. The fraction of sp³-hybridized carbons (Fsp3) is 0.240. The number of thiocarbonyl (C=S) groups is 1. The van der Waals surface area contributed by atoms with Crippen LogP contribution in [0.25, 0.3) is 6.08 Å². The van der Waals surface area contributed by atoms with Crippen molar-refractivity contribution in [3.8, 4) is 11.5 Å². The second kappa shape index (κ2) is 11.2. The maximum absolute atomic E-state index is 13.5. The van der Waals surface area contributed by atoms with E-state index in [-0.39, 0.29) is 29.9 Å². The lowest BCUT2D eigenvalue weighted by atomic mass is 10.1. The number of halogens is 1. The van der Waals surface area contributed by atoms with Crippen molar-refractivity contribution in [3.63, 3.8) is 0 Å². The molecule has 2 aromatic carbocycles. The summed E-state index contributed by atoms with van der Waals surface area (Å²) >= 11 is 12.0. The van der Waals surface area contributed by atoms with E-state index in [1.165, 1.54) is 24.0 Å². The van der Waals surface area contributed by atoms with Crippen LogP contribution in [0.3, 0.4) is 0 Å². The summed E-state index contributed by atoms with van der Waals surface area (Å²) in [6.45, 7) is 5.71. The number of anilines is 1. The van der Waals surface area contributed by atoms with E-state index in [0.29, 0.717) is 27.8 Å². The van der Waals surface area contributed by atoms with E-state index < -0.39 is 5.97 Å². The molecule has 7 nitrogen and oxygen atoms in total. The Morgan fingerprint density at radius 3 is 2.50 bits per heavy atom. The first-order valence-corrected chi connectivity index (χ1v) is 11.3. The van der Waals surface area contributed by atoms with E-state index >= 15 is 0 Å². The van der Waals surface area contributed by atoms with Gasteiger partial charge in [0.15, 0.2) is 16.6 Å². The van der Waals surface area contributed by atoms with Crippen molar-refractivity contribution < 1.29 is 23.8 Å². The molecule has 0 bridgehead atoms. The standard InChI is InChI=1S/C25H25ClN2O5S/c1-5-11-33-23-19(26)12-17(14-21(23)31-3)13-20-24(30)28(18-9-7-16(6-2)8-10-18)25(34)27(20)15-22(29)32-4/h5,7-10,12-14H,1,6,11,15H2,2-4H3/b20-13-. The molecule has 1 heterocycles. The molecule has 0 spiro atoms. The number of methoxy groups -OCH3 is 2. The quantitative estimate of drug-likeness (QED) is 0.215. The summed E-state index contributed by atoms with van der Waals surface area (Å²) in [6.07, 6.45) is 4.06. The molecule has 0 aromatic heterocycles. The molecule has 0 saturated carbocycles. The number of carbonyl (C=O) groups excluding carboxylic acids is 2. The number of amides is 1. The lowest BCUT2D eigenvalue weighted by Gasteiger charge is -2.19. The van der Waals surface area contributed by atoms with Gasteiger partial charge in [-0.1, -0.05) is 43.3 Å². The van der Waals surface area contributed by atoms with E-state index in [9.17, 15) is 9.59 Å². The Labute approximate surface area is 209 Å². The maximum Gasteiger partial charge on any atom is 0.325 e. The number of nitrogens with zero attached hydrogens (tertiary/aromatic N) is 2. The molecule has 0 aliphatic carbocycles. The van der Waals surface area contributed by atoms with Gasteiger partial charge in [0, 0.05) is 0 Å². The summed E-state index contributed by atoms with van der Waals surface area (Å²) in [5.74, 6) is -0.155. The van der Waals surface area contributed by atoms with Crippen molar-refractivity contribution in [1.29, 1.82) is 0 Å². The molecular formula is C25H25ClN2O5S. The summed E-state index contributed by atoms with van der Waals surface area (Å²) in [5, 5.41) is 0.475. The lowest BCUT2D eigenvalue weighted by molar-refractivity contribution is -0.140. The normalized spacial score (nSPS) is 14.5. The number of carbonyl (C=O) groups is 2. The Kier molecular flexibility index (Phi) is 8.31. The highest BCUT2D eigenvalue weighted by Crippen LogP contribution is 2.38. The molecule has 1 amide bonds. The second-order valence-electron chi connectivity index (χ2n) is 7.27. The molecule has 178 valence electrons. The molecule has 0 N–H and O–H groups in total. The van der Waals surface area contributed by atoms with Crippen molar-refractivity contribution in [2.24, 2.45) is 0 Å². The van der Waals surface area contributed by atoms with Gasteiger partial charge in [-0.25, -0.2) is 0 Å². The van der Waals surface area contributed by atoms with Crippen molar-refractivity contribution in [1.82, 2.24) is 4.90 Å². The zero-order valence-electron chi connectivity index (χ0n) is 19.2. The largest absolute Gasteiger partial charge is 0.493 e. The number of hydrogen-bond acceptors (Lipinski definition) is 6. The van der Waals surface area contributed by atoms with Crippen LogP contribution in [0.5, 0.6) is 11.5 Å². The SMILES string of the molecule is C=CCOc1c(Cl)cc(/C=C2/C(=O)N(c3ccc(CC)cc3)C(=S)N2CC(=O)OC)cc1OC. The molecule has 1 saturated heterocycles. The molecule has 9 heteroatoms. The van der Waals surface area contributed by atoms with Crippen LogP contribution in [0.4, 0.5) is 5.69 Å². The minimum Gasteiger partial charge on any atom is -0.493 e. The van der Waals surface area contributed by atoms with Crippen molar-refractivity contribution >= 4 is 52.6 Å².